The van der Waals surface area contributed by atoms with Crippen molar-refractivity contribution in [1.82, 2.24) is 0 Å². The van der Waals surface area contributed by atoms with Crippen LogP contribution in [0.25, 0.3) is 0 Å². The Morgan fingerprint density at radius 1 is 0.833 bits per heavy atom. The van der Waals surface area contributed by atoms with E-state index < -0.39 is 20.7 Å². The van der Waals surface area contributed by atoms with Gasteiger partial charge in [0, 0.05) is 11.0 Å². The Hall–Kier alpha value is 0.736. The summed E-state index contributed by atoms with van der Waals surface area (Å²) in [6.45, 7) is 0. The third kappa shape index (κ3) is 122. The smallest absolute Gasteiger partial charge is 0 e. The van der Waals surface area contributed by atoms with E-state index in [0.717, 1.165) is 0 Å². The molecule has 0 aliphatic carbocycles. The molecule has 0 N–H and O–H groups in total. The largest absolute Gasteiger partial charge is 0 e. The maximum atomic E-state index is 9.90. The molecule has 4 radical (unpaired) electrons. The van der Waals surface area contributed by atoms with Gasteiger partial charge in [-0.25, -0.2) is 0 Å². The summed E-state index contributed by atoms with van der Waals surface area (Å²) in [5.74, 6) is 0. The fourth-order valence-corrected chi connectivity index (χ4v) is 0. The minimum atomic E-state index is -7.18. The van der Waals surface area contributed by atoms with Gasteiger partial charge in [0.1, 0.15) is 0 Å². The molecule has 0 aromatic rings. The van der Waals surface area contributed by atoms with Gasteiger partial charge in [0.15, 0.2) is 0 Å². The van der Waals surface area contributed by atoms with Crippen molar-refractivity contribution >= 4 is 31.6 Å². The molecule has 0 bridgehead atoms. The van der Waals surface area contributed by atoms with Crippen LogP contribution in [-0.4, -0.2) is 31.6 Å². The second-order valence-corrected chi connectivity index (χ2v) is 2.87. The van der Waals surface area contributed by atoms with E-state index in [-0.39, 0.29) is 11.0 Å². The van der Waals surface area contributed by atoms with Gasteiger partial charge in [0.25, 0.3) is 0 Å². The van der Waals surface area contributed by atoms with Crippen LogP contribution in [0.3, 0.4) is 0 Å². The summed E-state index contributed by atoms with van der Waals surface area (Å²) in [7, 11) is 0. The van der Waals surface area contributed by atoms with Gasteiger partial charge < -0.3 is 0 Å². The minimum Gasteiger partial charge on any atom is 0 e. The quantitative estimate of drug-likeness (QED) is 0.423. The summed E-state index contributed by atoms with van der Waals surface area (Å²) in [5, 5.41) is 0. The summed E-state index contributed by atoms with van der Waals surface area (Å²) in [6, 6.07) is 0. The van der Waals surface area contributed by atoms with E-state index >= 15 is 0 Å². The topological polar surface area (TPSA) is 0 Å². The molecule has 0 aliphatic heterocycles. The van der Waals surface area contributed by atoms with Gasteiger partial charge in [0.2, 0.25) is 0 Å². The average Bonchev–Trinajstić information content (AvgIpc) is 0.722. The molecular formula is F4SiSn. The van der Waals surface area contributed by atoms with Crippen molar-refractivity contribution in [2.45, 2.75) is 0 Å². The van der Waals surface area contributed by atoms with Gasteiger partial charge in [-0.1, -0.05) is 0 Å². The van der Waals surface area contributed by atoms with Crippen LogP contribution >= 0.6 is 0 Å². The molecule has 0 aromatic heterocycles. The van der Waals surface area contributed by atoms with Gasteiger partial charge in [-0.15, -0.1) is 0 Å². The van der Waals surface area contributed by atoms with Gasteiger partial charge in [-0.2, -0.15) is 0 Å². The van der Waals surface area contributed by atoms with E-state index in [0.29, 0.717) is 0 Å². The van der Waals surface area contributed by atoms with E-state index in [4.69, 9.17) is 0 Å². The molecule has 0 heterocycles. The van der Waals surface area contributed by atoms with Crippen LogP contribution in [-0.2, 0) is 0 Å². The van der Waals surface area contributed by atoms with Crippen molar-refractivity contribution in [3.05, 3.63) is 0 Å². The van der Waals surface area contributed by atoms with Crippen LogP contribution in [0.4, 0.5) is 11.5 Å². The molecular weight excluding hydrogens is 223 g/mol. The van der Waals surface area contributed by atoms with Gasteiger partial charge >= 0.3 is 32.1 Å². The minimum absolute atomic E-state index is 0. The monoisotopic (exact) mass is 224 g/mol. The van der Waals surface area contributed by atoms with Crippen molar-refractivity contribution in [3.8, 4) is 0 Å². The third-order valence-corrected chi connectivity index (χ3v) is 0. The molecule has 0 spiro atoms. The fourth-order valence-electron chi connectivity index (χ4n) is 0. The standard InChI is InChI=1S/4FH.Si.Sn/h4*1H;;/q;;;;;+4/p-4. The average molecular weight is 223 g/mol. The van der Waals surface area contributed by atoms with Crippen LogP contribution in [0.1, 0.15) is 0 Å². The number of hydrogen-bond acceptors (Lipinski definition) is 0. The zero-order valence-electron chi connectivity index (χ0n) is 2.51. The molecule has 6 heavy (non-hydrogen) atoms. The maximum Gasteiger partial charge on any atom is 0 e. The van der Waals surface area contributed by atoms with E-state index in [1.54, 1.807) is 0 Å². The first-order valence-electron chi connectivity index (χ1n) is 0.756. The Morgan fingerprint density at radius 3 is 0.833 bits per heavy atom. The maximum absolute atomic E-state index is 9.90. The van der Waals surface area contributed by atoms with E-state index in [9.17, 15) is 11.5 Å². The second-order valence-electron chi connectivity index (χ2n) is 0.429. The molecule has 0 saturated carbocycles. The first-order chi connectivity index (χ1) is 2.00. The first-order valence-corrected chi connectivity index (χ1v) is 5.07. The first kappa shape index (κ1) is 9.88. The third-order valence-electron chi connectivity index (χ3n) is 0. The van der Waals surface area contributed by atoms with Crippen LogP contribution in [0, 0.1) is 0 Å². The number of halogens is 4. The van der Waals surface area contributed by atoms with Crippen LogP contribution in [0.15, 0.2) is 0 Å². The Bertz CT molecular complexity index is 23.0. The number of rotatable bonds is 0. The van der Waals surface area contributed by atoms with Gasteiger partial charge in [-0.05, 0) is 0 Å². The van der Waals surface area contributed by atoms with Gasteiger partial charge in [-0.3, -0.25) is 0 Å². The molecule has 0 fully saturated rings. The second kappa shape index (κ2) is 2.84. The summed E-state index contributed by atoms with van der Waals surface area (Å²) in [6.07, 6.45) is 0. The molecule has 0 rings (SSSR count). The van der Waals surface area contributed by atoms with Gasteiger partial charge in [0.05, 0.1) is 0 Å². The molecule has 0 atom stereocenters. The molecule has 0 amide bonds. The SMILES string of the molecule is [F][Sn]([F])([F])[F].[Si]. The van der Waals surface area contributed by atoms with Crippen molar-refractivity contribution in [3.63, 3.8) is 0 Å². The van der Waals surface area contributed by atoms with Crippen LogP contribution in [0.2, 0.25) is 0 Å². The Balaban J connectivity index is 0. The summed E-state index contributed by atoms with van der Waals surface area (Å²) >= 11 is -7.18. The van der Waals surface area contributed by atoms with E-state index in [1.165, 1.54) is 0 Å². The number of hydrogen-bond donors (Lipinski definition) is 0. The van der Waals surface area contributed by atoms with Crippen LogP contribution in [0.5, 0.6) is 0 Å². The summed E-state index contributed by atoms with van der Waals surface area (Å²) < 4.78 is 39.6. The predicted octanol–water partition coefficient (Wildman–Crippen LogP) is 0.919. The van der Waals surface area contributed by atoms with Crippen molar-refractivity contribution < 1.29 is 11.5 Å². The predicted molar refractivity (Wildman–Crippen MR) is 15.9 cm³/mol. The molecule has 0 aliphatic rings. The summed E-state index contributed by atoms with van der Waals surface area (Å²) in [4.78, 5) is 0. The van der Waals surface area contributed by atoms with Crippen molar-refractivity contribution in [1.29, 1.82) is 0 Å². The van der Waals surface area contributed by atoms with Crippen LogP contribution < -0.4 is 0 Å². The Labute approximate surface area is 43.5 Å². The fraction of sp³-hybridized carbons (Fsp3) is 0. The zero-order valence-corrected chi connectivity index (χ0v) is 6.37. The molecule has 36 valence electrons. The molecule has 0 unspecified atom stereocenters. The summed E-state index contributed by atoms with van der Waals surface area (Å²) in [5.41, 5.74) is 0. The van der Waals surface area contributed by atoms with E-state index in [2.05, 4.69) is 0 Å². The van der Waals surface area contributed by atoms with E-state index in [1.807, 2.05) is 0 Å². The Morgan fingerprint density at radius 2 is 0.833 bits per heavy atom. The van der Waals surface area contributed by atoms with Crippen molar-refractivity contribution in [2.75, 3.05) is 0 Å². The van der Waals surface area contributed by atoms with Crippen molar-refractivity contribution in [2.24, 2.45) is 0 Å². The Kier molecular flexibility index (Phi) is 4.67. The molecule has 0 saturated heterocycles. The molecule has 0 nitrogen and oxygen atoms in total. The molecule has 0 aromatic carbocycles. The zero-order chi connectivity index (χ0) is 4.50. The molecule has 6 heteroatoms. The normalized spacial score (nSPS) is 10.0.